The van der Waals surface area contributed by atoms with Crippen LogP contribution in [0.1, 0.15) is 50.5 Å². The Bertz CT molecular complexity index is 1680. The van der Waals surface area contributed by atoms with Crippen molar-refractivity contribution in [2.75, 3.05) is 77.5 Å². The number of anilines is 1. The molecule has 0 bridgehead atoms. The molecule has 1 amide bonds. The van der Waals surface area contributed by atoms with Crippen LogP contribution in [0.4, 0.5) is 10.1 Å². The Hall–Kier alpha value is -3.28. The lowest BCUT2D eigenvalue weighted by atomic mass is 9.56. The van der Waals surface area contributed by atoms with Crippen LogP contribution in [0.2, 0.25) is 0 Å². The number of hydrogen-bond acceptors (Lipinski definition) is 8. The molecule has 3 atom stereocenters. The molecule has 276 valence electrons. The van der Waals surface area contributed by atoms with Crippen LogP contribution in [0.5, 0.6) is 0 Å². The number of methoxy groups -OCH3 is 1. The number of sulfone groups is 1. The first-order chi connectivity index (χ1) is 24.6. The first kappa shape index (κ1) is 36.1. The summed E-state index contributed by atoms with van der Waals surface area (Å²) in [5.74, 6) is 0.936. The van der Waals surface area contributed by atoms with E-state index in [0.717, 1.165) is 95.7 Å². The van der Waals surface area contributed by atoms with Crippen LogP contribution in [0.25, 0.3) is 0 Å². The minimum Gasteiger partial charge on any atom is -0.469 e. The normalized spacial score (nSPS) is 25.1. The van der Waals surface area contributed by atoms with Crippen molar-refractivity contribution in [3.8, 4) is 0 Å². The Labute approximate surface area is 302 Å². The number of amides is 1. The van der Waals surface area contributed by atoms with Crippen LogP contribution in [-0.4, -0.2) is 113 Å². The van der Waals surface area contributed by atoms with Crippen molar-refractivity contribution in [1.29, 1.82) is 0 Å². The standard InChI is InChI=1S/C40H53FN4O5S/c1-3-38(46)45-26-36(27-45)51(48,49)35-13-11-34(12-14-35)44-24-29(25-44)23-42-19-15-31(16-20-42)40(28-43-17-6-18-43,32-8-5-9-33(41)22-32)37-10-4-7-30(37)21-39(47)50-2/h3,5,8-9,11-14,22,29-31,36-37H,1,4,6-7,10,15-21,23-28H2,2H3/t30-,37+,40+/m1/s1. The summed E-state index contributed by atoms with van der Waals surface area (Å²) < 4.78 is 46.3. The molecule has 1 aliphatic carbocycles. The SMILES string of the molecule is C=CC(=O)N1CC(S(=O)(=O)c2ccc(N3CC(CN4CCC([C@@](CN5CCC5)(c5cccc(F)c5)[C@H]5CCC[C@@H]5CC(=O)OC)CC4)C3)cc2)C1. The van der Waals surface area contributed by atoms with E-state index in [2.05, 4.69) is 27.3 Å². The van der Waals surface area contributed by atoms with Crippen LogP contribution in [0, 0.1) is 29.5 Å². The highest BCUT2D eigenvalue weighted by Crippen LogP contribution is 2.54. The molecule has 0 N–H and O–H groups in total. The van der Waals surface area contributed by atoms with Crippen molar-refractivity contribution in [3.05, 3.63) is 72.6 Å². The highest BCUT2D eigenvalue weighted by molar-refractivity contribution is 7.92. The maximum absolute atomic E-state index is 15.0. The molecule has 5 fully saturated rings. The molecular weight excluding hydrogens is 668 g/mol. The number of ether oxygens (including phenoxy) is 1. The fourth-order valence-electron chi connectivity index (χ4n) is 9.91. The molecule has 4 aliphatic heterocycles. The van der Waals surface area contributed by atoms with Gasteiger partial charge in [-0.3, -0.25) is 9.59 Å². The van der Waals surface area contributed by atoms with E-state index >= 15 is 0 Å². The van der Waals surface area contributed by atoms with Crippen molar-refractivity contribution in [1.82, 2.24) is 14.7 Å². The van der Waals surface area contributed by atoms with Crippen LogP contribution in [-0.2, 0) is 29.6 Å². The van der Waals surface area contributed by atoms with Crippen molar-refractivity contribution in [3.63, 3.8) is 0 Å². The van der Waals surface area contributed by atoms with Crippen molar-refractivity contribution >= 4 is 27.4 Å². The molecule has 1 saturated carbocycles. The molecule has 2 aromatic carbocycles. The molecule has 4 heterocycles. The van der Waals surface area contributed by atoms with Gasteiger partial charge in [0.1, 0.15) is 11.1 Å². The van der Waals surface area contributed by atoms with Crippen LogP contribution >= 0.6 is 0 Å². The zero-order valence-electron chi connectivity index (χ0n) is 29.9. The van der Waals surface area contributed by atoms with Crippen LogP contribution in [0.15, 0.2) is 66.1 Å². The fraction of sp³-hybridized carbons (Fsp3) is 0.600. The Morgan fingerprint density at radius 2 is 1.67 bits per heavy atom. The van der Waals surface area contributed by atoms with Gasteiger partial charge in [-0.2, -0.15) is 0 Å². The van der Waals surface area contributed by atoms with Gasteiger partial charge in [0.25, 0.3) is 0 Å². The molecule has 0 radical (unpaired) electrons. The van der Waals surface area contributed by atoms with E-state index in [1.54, 1.807) is 24.3 Å². The van der Waals surface area contributed by atoms with Gasteiger partial charge < -0.3 is 24.3 Å². The van der Waals surface area contributed by atoms with E-state index in [9.17, 15) is 22.4 Å². The third-order valence-electron chi connectivity index (χ3n) is 12.9. The largest absolute Gasteiger partial charge is 0.469 e. The van der Waals surface area contributed by atoms with Gasteiger partial charge in [-0.05, 0) is 124 Å². The molecule has 2 aromatic rings. The third kappa shape index (κ3) is 7.22. The topological polar surface area (TPSA) is 90.5 Å². The monoisotopic (exact) mass is 720 g/mol. The maximum atomic E-state index is 15.0. The second-order valence-corrected chi connectivity index (χ2v) is 17.9. The number of piperidine rings is 1. The zero-order valence-corrected chi connectivity index (χ0v) is 30.7. The summed E-state index contributed by atoms with van der Waals surface area (Å²) in [5, 5.41) is -0.570. The van der Waals surface area contributed by atoms with E-state index in [1.807, 2.05) is 18.2 Å². The number of rotatable bonds is 13. The molecule has 0 unspecified atom stereocenters. The van der Waals surface area contributed by atoms with Crippen LogP contribution < -0.4 is 4.90 Å². The predicted molar refractivity (Wildman–Crippen MR) is 196 cm³/mol. The number of benzene rings is 2. The predicted octanol–water partition coefficient (Wildman–Crippen LogP) is 4.77. The average Bonchev–Trinajstić information content (AvgIpc) is 3.53. The van der Waals surface area contributed by atoms with E-state index < -0.39 is 15.1 Å². The number of halogens is 1. The summed E-state index contributed by atoms with van der Waals surface area (Å²) in [4.78, 5) is 33.6. The Morgan fingerprint density at radius 1 is 0.941 bits per heavy atom. The smallest absolute Gasteiger partial charge is 0.305 e. The Morgan fingerprint density at radius 3 is 2.29 bits per heavy atom. The average molecular weight is 721 g/mol. The van der Waals surface area contributed by atoms with Crippen molar-refractivity contribution in [2.24, 2.45) is 23.7 Å². The van der Waals surface area contributed by atoms with Gasteiger partial charge in [-0.15, -0.1) is 0 Å². The van der Waals surface area contributed by atoms with E-state index in [1.165, 1.54) is 24.5 Å². The Kier molecular flexibility index (Phi) is 10.6. The molecular formula is C40H53FN4O5S. The lowest BCUT2D eigenvalue weighted by Gasteiger charge is -2.54. The third-order valence-corrected chi connectivity index (χ3v) is 15.0. The van der Waals surface area contributed by atoms with Crippen molar-refractivity contribution < 1.29 is 27.1 Å². The molecule has 5 aliphatic rings. The number of esters is 1. The summed E-state index contributed by atoms with van der Waals surface area (Å²) in [6.07, 6.45) is 8.14. The molecule has 7 rings (SSSR count). The number of carbonyl (C=O) groups excluding carboxylic acids is 2. The van der Waals surface area contributed by atoms with Gasteiger partial charge in [0.05, 0.1) is 12.0 Å². The zero-order chi connectivity index (χ0) is 35.8. The summed E-state index contributed by atoms with van der Waals surface area (Å²) in [6.45, 7) is 11.9. The first-order valence-electron chi connectivity index (χ1n) is 18.9. The quantitative estimate of drug-likeness (QED) is 0.216. The number of carbonyl (C=O) groups is 2. The lowest BCUT2D eigenvalue weighted by molar-refractivity contribution is -0.142. The molecule has 11 heteroatoms. The summed E-state index contributed by atoms with van der Waals surface area (Å²) in [6, 6.07) is 14.6. The van der Waals surface area contributed by atoms with Gasteiger partial charge in [0, 0.05) is 62.7 Å². The molecule has 51 heavy (non-hydrogen) atoms. The maximum Gasteiger partial charge on any atom is 0.305 e. The van der Waals surface area contributed by atoms with E-state index in [-0.39, 0.29) is 42.1 Å². The molecule has 0 aromatic heterocycles. The molecule has 4 saturated heterocycles. The van der Waals surface area contributed by atoms with E-state index in [0.29, 0.717) is 29.1 Å². The summed E-state index contributed by atoms with van der Waals surface area (Å²) in [7, 11) is -2.01. The number of nitrogens with zero attached hydrogens (tertiary/aromatic N) is 4. The molecule has 0 spiro atoms. The second-order valence-electron chi connectivity index (χ2n) is 15.7. The highest BCUT2D eigenvalue weighted by Gasteiger charge is 2.53. The molecule has 9 nitrogen and oxygen atoms in total. The minimum atomic E-state index is -3.49. The minimum absolute atomic E-state index is 0.141. The van der Waals surface area contributed by atoms with Gasteiger partial charge >= 0.3 is 5.97 Å². The second kappa shape index (κ2) is 15.0. The van der Waals surface area contributed by atoms with Gasteiger partial charge in [-0.25, -0.2) is 12.8 Å². The lowest BCUT2D eigenvalue weighted by Crippen LogP contribution is -2.58. The summed E-state index contributed by atoms with van der Waals surface area (Å²) in [5.41, 5.74) is 1.93. The number of likely N-dealkylation sites (tertiary alicyclic amines) is 3. The number of hydrogen-bond donors (Lipinski definition) is 0. The first-order valence-corrected chi connectivity index (χ1v) is 20.4. The highest BCUT2D eigenvalue weighted by atomic mass is 32.2. The fourth-order valence-corrected chi connectivity index (χ4v) is 11.6. The van der Waals surface area contributed by atoms with Gasteiger partial charge in [0.15, 0.2) is 9.84 Å². The van der Waals surface area contributed by atoms with Crippen LogP contribution in [0.3, 0.4) is 0 Å². The Balaban J connectivity index is 0.981. The van der Waals surface area contributed by atoms with E-state index in [4.69, 9.17) is 4.74 Å². The van der Waals surface area contributed by atoms with Gasteiger partial charge in [-0.1, -0.05) is 25.1 Å². The van der Waals surface area contributed by atoms with Crippen molar-refractivity contribution in [2.45, 2.75) is 60.5 Å². The summed E-state index contributed by atoms with van der Waals surface area (Å²) >= 11 is 0. The van der Waals surface area contributed by atoms with Gasteiger partial charge in [0.2, 0.25) is 5.91 Å².